The lowest BCUT2D eigenvalue weighted by atomic mass is 9.85. The maximum absolute atomic E-state index is 12.8. The first kappa shape index (κ1) is 23.5. The summed E-state index contributed by atoms with van der Waals surface area (Å²) in [6.07, 6.45) is 10.6. The number of carbonyl (C=O) groups excluding carboxylic acids is 2. The SMILES string of the molecule is CCNC(=NCc1ccccc1-n1ccnc1)NCCN1C(=O)C2C3C=CC(C3)C2C1=O.I. The van der Waals surface area contributed by atoms with Crippen molar-refractivity contribution in [1.82, 2.24) is 25.1 Å². The molecule has 5 rings (SSSR count). The molecule has 4 unspecified atom stereocenters. The van der Waals surface area contributed by atoms with Crippen LogP contribution in [0.15, 0.2) is 60.1 Å². The zero-order chi connectivity index (χ0) is 22.1. The fourth-order valence-corrected chi connectivity index (χ4v) is 5.27. The second-order valence-corrected chi connectivity index (χ2v) is 8.55. The molecule has 1 aromatic carbocycles. The molecule has 2 N–H and O–H groups in total. The Kier molecular flexibility index (Phi) is 7.16. The van der Waals surface area contributed by atoms with Crippen LogP contribution in [-0.2, 0) is 16.1 Å². The maximum Gasteiger partial charge on any atom is 0.233 e. The Morgan fingerprint density at radius 3 is 2.52 bits per heavy atom. The molecule has 174 valence electrons. The van der Waals surface area contributed by atoms with Crippen LogP contribution in [0.1, 0.15) is 18.9 Å². The number of nitrogens with one attached hydrogen (secondary N) is 2. The van der Waals surface area contributed by atoms with Crippen molar-refractivity contribution in [2.75, 3.05) is 19.6 Å². The van der Waals surface area contributed by atoms with Gasteiger partial charge in [-0.3, -0.25) is 14.5 Å². The number of fused-ring (bicyclic) bond motifs is 5. The van der Waals surface area contributed by atoms with Crippen molar-refractivity contribution in [2.24, 2.45) is 28.7 Å². The molecule has 2 aliphatic carbocycles. The smallest absolute Gasteiger partial charge is 0.233 e. The van der Waals surface area contributed by atoms with Crippen molar-refractivity contribution in [3.63, 3.8) is 0 Å². The molecule has 2 heterocycles. The third kappa shape index (κ3) is 4.42. The highest BCUT2D eigenvalue weighted by Gasteiger charge is 2.58. The predicted octanol–water partition coefficient (Wildman–Crippen LogP) is 2.35. The van der Waals surface area contributed by atoms with E-state index < -0.39 is 0 Å². The van der Waals surface area contributed by atoms with E-state index in [4.69, 9.17) is 4.99 Å². The quantitative estimate of drug-likeness (QED) is 0.179. The lowest BCUT2D eigenvalue weighted by Gasteiger charge is -2.18. The first-order valence-electron chi connectivity index (χ1n) is 11.3. The van der Waals surface area contributed by atoms with E-state index in [2.05, 4.69) is 27.8 Å². The summed E-state index contributed by atoms with van der Waals surface area (Å²) in [5, 5.41) is 6.52. The molecule has 8 nitrogen and oxygen atoms in total. The van der Waals surface area contributed by atoms with Crippen molar-refractivity contribution in [3.8, 4) is 5.69 Å². The van der Waals surface area contributed by atoms with Gasteiger partial charge in [-0.15, -0.1) is 24.0 Å². The number of halogens is 1. The van der Waals surface area contributed by atoms with Gasteiger partial charge in [-0.25, -0.2) is 9.98 Å². The lowest BCUT2D eigenvalue weighted by Crippen LogP contribution is -2.43. The van der Waals surface area contributed by atoms with Gasteiger partial charge in [-0.1, -0.05) is 30.4 Å². The van der Waals surface area contributed by atoms with Crippen molar-refractivity contribution >= 4 is 41.8 Å². The Morgan fingerprint density at radius 1 is 1.12 bits per heavy atom. The fourth-order valence-electron chi connectivity index (χ4n) is 5.27. The molecule has 0 radical (unpaired) electrons. The van der Waals surface area contributed by atoms with E-state index in [0.717, 1.165) is 24.2 Å². The Bertz CT molecular complexity index is 1040. The normalized spacial score (nSPS) is 25.4. The van der Waals surface area contributed by atoms with Crippen LogP contribution in [0.25, 0.3) is 5.69 Å². The van der Waals surface area contributed by atoms with Gasteiger partial charge in [0.25, 0.3) is 0 Å². The number of hydrogen-bond donors (Lipinski definition) is 2. The summed E-state index contributed by atoms with van der Waals surface area (Å²) >= 11 is 0. The first-order chi connectivity index (χ1) is 15.7. The summed E-state index contributed by atoms with van der Waals surface area (Å²) in [6.45, 7) is 4.04. The average Bonchev–Trinajstić information content (AvgIpc) is 3.59. The van der Waals surface area contributed by atoms with E-state index in [0.29, 0.717) is 25.6 Å². The second-order valence-electron chi connectivity index (χ2n) is 8.55. The van der Waals surface area contributed by atoms with Gasteiger partial charge in [0, 0.05) is 32.0 Å². The summed E-state index contributed by atoms with van der Waals surface area (Å²) in [6, 6.07) is 8.07. The summed E-state index contributed by atoms with van der Waals surface area (Å²) < 4.78 is 1.97. The van der Waals surface area contributed by atoms with Gasteiger partial charge < -0.3 is 15.2 Å². The Balaban J connectivity index is 0.00000259. The molecule has 2 aromatic rings. The number of rotatable bonds is 7. The molecular weight excluding hydrogens is 531 g/mol. The van der Waals surface area contributed by atoms with Crippen LogP contribution >= 0.6 is 24.0 Å². The van der Waals surface area contributed by atoms with E-state index in [1.807, 2.05) is 42.0 Å². The first-order valence-corrected chi connectivity index (χ1v) is 11.3. The summed E-state index contributed by atoms with van der Waals surface area (Å²) in [4.78, 5) is 36.0. The Hall–Kier alpha value is -2.69. The molecule has 1 saturated carbocycles. The molecule has 1 aliphatic heterocycles. The predicted molar refractivity (Wildman–Crippen MR) is 136 cm³/mol. The number of aromatic nitrogens is 2. The summed E-state index contributed by atoms with van der Waals surface area (Å²) in [5.74, 6) is 0.861. The molecular formula is C24H29IN6O2. The Labute approximate surface area is 210 Å². The van der Waals surface area contributed by atoms with Crippen molar-refractivity contribution in [2.45, 2.75) is 19.9 Å². The standard InChI is InChI=1S/C24H28N6O2.HI/c1-2-26-24(28-14-18-5-3-4-6-19(18)29-11-9-25-15-29)27-10-12-30-22(31)20-16-7-8-17(13-16)21(20)23(30)32;/h3-9,11,15-17,20-21H,2,10,12-14H2,1H3,(H2,26,27,28);1H. The number of imidazole rings is 1. The van der Waals surface area contributed by atoms with Gasteiger partial charge in [-0.05, 0) is 36.8 Å². The van der Waals surface area contributed by atoms with Crippen LogP contribution in [0.2, 0.25) is 0 Å². The molecule has 0 spiro atoms. The number of hydrogen-bond acceptors (Lipinski definition) is 4. The van der Waals surface area contributed by atoms with Crippen LogP contribution in [0.5, 0.6) is 0 Å². The molecule has 2 fully saturated rings. The third-order valence-electron chi connectivity index (χ3n) is 6.72. The summed E-state index contributed by atoms with van der Waals surface area (Å²) in [5.41, 5.74) is 2.11. The van der Waals surface area contributed by atoms with Gasteiger partial charge in [0.1, 0.15) is 0 Å². The molecule has 4 atom stereocenters. The van der Waals surface area contributed by atoms with Crippen LogP contribution in [0.4, 0.5) is 0 Å². The zero-order valence-corrected chi connectivity index (χ0v) is 20.9. The van der Waals surface area contributed by atoms with Crippen LogP contribution in [0, 0.1) is 23.7 Å². The molecule has 3 aliphatic rings. The average molecular weight is 560 g/mol. The largest absolute Gasteiger partial charge is 0.357 e. The van der Waals surface area contributed by atoms with Gasteiger partial charge in [-0.2, -0.15) is 0 Å². The number of benzene rings is 1. The van der Waals surface area contributed by atoms with Crippen molar-refractivity contribution < 1.29 is 9.59 Å². The maximum atomic E-state index is 12.8. The number of allylic oxidation sites excluding steroid dienone is 2. The van der Waals surface area contributed by atoms with Gasteiger partial charge in [0.15, 0.2) is 5.96 Å². The fraction of sp³-hybridized carbons (Fsp3) is 0.417. The number of carbonyl (C=O) groups is 2. The highest BCUT2D eigenvalue weighted by Crippen LogP contribution is 2.52. The van der Waals surface area contributed by atoms with Crippen LogP contribution in [-0.4, -0.2) is 51.9 Å². The van der Waals surface area contributed by atoms with Crippen molar-refractivity contribution in [1.29, 1.82) is 0 Å². The number of likely N-dealkylation sites (tertiary alicyclic amines) is 1. The van der Waals surface area contributed by atoms with Crippen molar-refractivity contribution in [3.05, 3.63) is 60.7 Å². The monoisotopic (exact) mass is 560 g/mol. The van der Waals surface area contributed by atoms with Gasteiger partial charge in [0.05, 0.1) is 30.4 Å². The lowest BCUT2D eigenvalue weighted by molar-refractivity contribution is -0.140. The molecule has 1 aromatic heterocycles. The van der Waals surface area contributed by atoms with E-state index in [9.17, 15) is 9.59 Å². The zero-order valence-electron chi connectivity index (χ0n) is 18.6. The highest BCUT2D eigenvalue weighted by atomic mass is 127. The number of aliphatic imine (C=N–C) groups is 1. The summed E-state index contributed by atoms with van der Waals surface area (Å²) in [7, 11) is 0. The minimum absolute atomic E-state index is 0. The number of imide groups is 1. The van der Waals surface area contributed by atoms with Gasteiger partial charge in [0.2, 0.25) is 11.8 Å². The molecule has 33 heavy (non-hydrogen) atoms. The molecule has 2 bridgehead atoms. The number of amides is 2. The van der Waals surface area contributed by atoms with Gasteiger partial charge >= 0.3 is 0 Å². The third-order valence-corrected chi connectivity index (χ3v) is 6.72. The Morgan fingerprint density at radius 2 is 1.85 bits per heavy atom. The van der Waals surface area contributed by atoms with Crippen LogP contribution < -0.4 is 10.6 Å². The molecule has 9 heteroatoms. The topological polar surface area (TPSA) is 91.6 Å². The number of nitrogens with zero attached hydrogens (tertiary/aromatic N) is 4. The van der Waals surface area contributed by atoms with E-state index in [-0.39, 0.29) is 59.5 Å². The van der Waals surface area contributed by atoms with E-state index in [1.54, 1.807) is 12.5 Å². The minimum Gasteiger partial charge on any atom is -0.357 e. The number of guanidine groups is 1. The highest BCUT2D eigenvalue weighted by molar-refractivity contribution is 14.0. The molecule has 2 amide bonds. The molecule has 1 saturated heterocycles. The van der Waals surface area contributed by atoms with E-state index >= 15 is 0 Å². The van der Waals surface area contributed by atoms with E-state index in [1.165, 1.54) is 4.90 Å². The number of para-hydroxylation sites is 1. The van der Waals surface area contributed by atoms with Crippen LogP contribution in [0.3, 0.4) is 0 Å². The second kappa shape index (κ2) is 10.1. The minimum atomic E-state index is -0.140.